The Hall–Kier alpha value is -0.540. The summed E-state index contributed by atoms with van der Waals surface area (Å²) in [6.45, 7) is 2.14. The molecule has 2 unspecified atom stereocenters. The van der Waals surface area contributed by atoms with E-state index in [4.69, 9.17) is 5.73 Å². The smallest absolute Gasteiger partial charge is 0.0515 e. The van der Waals surface area contributed by atoms with E-state index < -0.39 is 0 Å². The average Bonchev–Trinajstić information content (AvgIpc) is 2.28. The summed E-state index contributed by atoms with van der Waals surface area (Å²) >= 11 is 3.73. The highest BCUT2D eigenvalue weighted by molar-refractivity contribution is 9.10. The molecule has 3 rings (SSSR count). The predicted molar refractivity (Wildman–Crippen MR) is 80.0 cm³/mol. The number of rotatable bonds is 1. The van der Waals surface area contributed by atoms with Crippen LogP contribution in [0.4, 0.5) is 5.69 Å². The lowest BCUT2D eigenvalue weighted by Crippen LogP contribution is -2.55. The van der Waals surface area contributed by atoms with Gasteiger partial charge in [-0.3, -0.25) is 0 Å². The number of nitrogens with zero attached hydrogens (tertiary/aromatic N) is 1. The van der Waals surface area contributed by atoms with Crippen LogP contribution in [0.15, 0.2) is 22.7 Å². The highest BCUT2D eigenvalue weighted by Crippen LogP contribution is 2.40. The van der Waals surface area contributed by atoms with E-state index in [9.17, 15) is 0 Å². The van der Waals surface area contributed by atoms with Gasteiger partial charge in [0.25, 0.3) is 0 Å². The van der Waals surface area contributed by atoms with Gasteiger partial charge < -0.3 is 10.6 Å². The summed E-state index contributed by atoms with van der Waals surface area (Å²) in [5.41, 5.74) is 8.86. The molecule has 2 aliphatic heterocycles. The molecule has 2 atom stereocenters. The van der Waals surface area contributed by atoms with E-state index in [1.165, 1.54) is 35.0 Å². The van der Waals surface area contributed by atoms with Gasteiger partial charge in [-0.05, 0) is 72.7 Å². The molecule has 0 saturated carbocycles. The van der Waals surface area contributed by atoms with E-state index in [-0.39, 0.29) is 0 Å². The van der Waals surface area contributed by atoms with Crippen LogP contribution in [0.3, 0.4) is 0 Å². The first-order valence-electron chi connectivity index (χ1n) is 6.95. The van der Waals surface area contributed by atoms with E-state index in [0.717, 1.165) is 12.8 Å². The van der Waals surface area contributed by atoms with Gasteiger partial charge in [-0.15, -0.1) is 0 Å². The molecular formula is C15H21BrN2. The second kappa shape index (κ2) is 4.86. The molecule has 2 aliphatic rings. The maximum absolute atomic E-state index is 6.19. The van der Waals surface area contributed by atoms with Gasteiger partial charge in [-0.1, -0.05) is 6.07 Å². The van der Waals surface area contributed by atoms with Crippen LogP contribution in [-0.4, -0.2) is 18.1 Å². The van der Waals surface area contributed by atoms with Crippen molar-refractivity contribution in [2.24, 2.45) is 5.73 Å². The second-order valence-electron chi connectivity index (χ2n) is 5.83. The van der Waals surface area contributed by atoms with Gasteiger partial charge in [-0.2, -0.15) is 0 Å². The average molecular weight is 309 g/mol. The number of hydrogen-bond donors (Lipinski definition) is 1. The van der Waals surface area contributed by atoms with Gasteiger partial charge >= 0.3 is 0 Å². The van der Waals surface area contributed by atoms with Crippen molar-refractivity contribution < 1.29 is 0 Å². The molecule has 2 N–H and O–H groups in total. The Labute approximate surface area is 118 Å². The maximum Gasteiger partial charge on any atom is 0.0515 e. The van der Waals surface area contributed by atoms with Crippen LogP contribution >= 0.6 is 15.9 Å². The van der Waals surface area contributed by atoms with Crippen molar-refractivity contribution in [3.8, 4) is 0 Å². The van der Waals surface area contributed by atoms with Crippen LogP contribution in [0.1, 0.15) is 37.7 Å². The molecule has 0 aromatic heterocycles. The van der Waals surface area contributed by atoms with Gasteiger partial charge in [0.2, 0.25) is 0 Å². The summed E-state index contributed by atoms with van der Waals surface area (Å²) in [6.07, 6.45) is 6.25. The van der Waals surface area contributed by atoms with Crippen molar-refractivity contribution in [2.45, 2.75) is 57.2 Å². The molecule has 2 heterocycles. The van der Waals surface area contributed by atoms with Crippen LogP contribution in [0.5, 0.6) is 0 Å². The minimum absolute atomic E-state index is 0.403. The fourth-order valence-corrected chi connectivity index (χ4v) is 4.34. The van der Waals surface area contributed by atoms with Gasteiger partial charge in [0.05, 0.1) is 5.69 Å². The first-order chi connectivity index (χ1) is 8.65. The Bertz CT molecular complexity index is 432. The van der Waals surface area contributed by atoms with E-state index >= 15 is 0 Å². The maximum atomic E-state index is 6.19. The summed E-state index contributed by atoms with van der Waals surface area (Å²) in [4.78, 5) is 2.64. The standard InChI is InChI=1S/C15H21BrN2/c1-10-5-6-15(14(16)7-10)18-12-3-2-4-13(18)9-11(17)8-12/h5-7,11-13H,2-4,8-9,17H2,1H3. The Balaban J connectivity index is 1.95. The number of fused-ring (bicyclic) bond motifs is 2. The molecule has 0 radical (unpaired) electrons. The minimum Gasteiger partial charge on any atom is -0.365 e. The summed E-state index contributed by atoms with van der Waals surface area (Å²) in [7, 11) is 0. The fourth-order valence-electron chi connectivity index (χ4n) is 3.64. The van der Waals surface area contributed by atoms with Gasteiger partial charge in [0, 0.05) is 22.6 Å². The molecule has 0 spiro atoms. The summed E-state index contributed by atoms with van der Waals surface area (Å²) < 4.78 is 1.23. The van der Waals surface area contributed by atoms with Crippen molar-refractivity contribution in [3.05, 3.63) is 28.2 Å². The third kappa shape index (κ3) is 2.19. The van der Waals surface area contributed by atoms with Gasteiger partial charge in [-0.25, -0.2) is 0 Å². The molecule has 0 amide bonds. The number of aryl methyl sites for hydroxylation is 1. The lowest BCUT2D eigenvalue weighted by molar-refractivity contribution is 0.271. The minimum atomic E-state index is 0.403. The van der Waals surface area contributed by atoms with Crippen LogP contribution in [0.25, 0.3) is 0 Å². The Morgan fingerprint density at radius 2 is 1.89 bits per heavy atom. The monoisotopic (exact) mass is 308 g/mol. The van der Waals surface area contributed by atoms with Crippen LogP contribution in [0, 0.1) is 6.92 Å². The zero-order valence-corrected chi connectivity index (χ0v) is 12.5. The summed E-state index contributed by atoms with van der Waals surface area (Å²) in [5.74, 6) is 0. The summed E-state index contributed by atoms with van der Waals surface area (Å²) in [6, 6.07) is 8.39. The van der Waals surface area contributed by atoms with E-state index in [1.54, 1.807) is 0 Å². The van der Waals surface area contributed by atoms with Gasteiger partial charge in [0.15, 0.2) is 0 Å². The highest BCUT2D eigenvalue weighted by atomic mass is 79.9. The molecule has 0 aliphatic carbocycles. The van der Waals surface area contributed by atoms with E-state index in [2.05, 4.69) is 46.0 Å². The van der Waals surface area contributed by atoms with Crippen LogP contribution in [-0.2, 0) is 0 Å². The quantitative estimate of drug-likeness (QED) is 0.859. The third-order valence-corrected chi connectivity index (χ3v) is 5.03. The molecule has 2 fully saturated rings. The molecule has 3 heteroatoms. The lowest BCUT2D eigenvalue weighted by Gasteiger charge is -2.50. The largest absolute Gasteiger partial charge is 0.365 e. The summed E-state index contributed by atoms with van der Waals surface area (Å²) in [5, 5.41) is 0. The number of benzene rings is 1. The van der Waals surface area contributed by atoms with Crippen molar-refractivity contribution in [1.29, 1.82) is 0 Å². The molecule has 18 heavy (non-hydrogen) atoms. The molecule has 2 bridgehead atoms. The molecule has 1 aromatic carbocycles. The fraction of sp³-hybridized carbons (Fsp3) is 0.600. The number of halogens is 1. The zero-order chi connectivity index (χ0) is 12.7. The van der Waals surface area contributed by atoms with Crippen molar-refractivity contribution in [1.82, 2.24) is 0 Å². The normalized spacial score (nSPS) is 31.5. The number of hydrogen-bond acceptors (Lipinski definition) is 2. The highest BCUT2D eigenvalue weighted by Gasteiger charge is 2.37. The first-order valence-corrected chi connectivity index (χ1v) is 7.74. The number of nitrogens with two attached hydrogens (primary N) is 1. The zero-order valence-electron chi connectivity index (χ0n) is 10.9. The van der Waals surface area contributed by atoms with Crippen LogP contribution in [0.2, 0.25) is 0 Å². The molecule has 98 valence electrons. The van der Waals surface area contributed by atoms with Gasteiger partial charge in [0.1, 0.15) is 0 Å². The van der Waals surface area contributed by atoms with Crippen molar-refractivity contribution in [2.75, 3.05) is 4.90 Å². The van der Waals surface area contributed by atoms with E-state index in [0.29, 0.717) is 18.1 Å². The Kier molecular flexibility index (Phi) is 3.37. The SMILES string of the molecule is Cc1ccc(N2C3CCCC2CC(N)C3)c(Br)c1. The molecule has 1 aromatic rings. The number of anilines is 1. The second-order valence-corrected chi connectivity index (χ2v) is 6.69. The van der Waals surface area contributed by atoms with Crippen molar-refractivity contribution >= 4 is 21.6 Å². The third-order valence-electron chi connectivity index (χ3n) is 4.39. The molecule has 2 nitrogen and oxygen atoms in total. The molecular weight excluding hydrogens is 288 g/mol. The Morgan fingerprint density at radius 1 is 1.22 bits per heavy atom. The molecule has 2 saturated heterocycles. The Morgan fingerprint density at radius 3 is 2.50 bits per heavy atom. The van der Waals surface area contributed by atoms with E-state index in [1.807, 2.05) is 0 Å². The van der Waals surface area contributed by atoms with Crippen LogP contribution < -0.4 is 10.6 Å². The first kappa shape index (κ1) is 12.5. The number of piperidine rings is 2. The lowest BCUT2D eigenvalue weighted by atomic mass is 9.81. The topological polar surface area (TPSA) is 29.3 Å². The van der Waals surface area contributed by atoms with Crippen molar-refractivity contribution in [3.63, 3.8) is 0 Å². The predicted octanol–water partition coefficient (Wildman–Crippen LogP) is 3.61.